The van der Waals surface area contributed by atoms with Crippen LogP contribution in [0, 0.1) is 10.8 Å². The van der Waals surface area contributed by atoms with E-state index in [0.717, 1.165) is 0 Å². The topological polar surface area (TPSA) is 95.0 Å². The maximum Gasteiger partial charge on any atom is 0.320 e. The molecule has 0 aromatic carbocycles. The second kappa shape index (κ2) is 5.40. The Morgan fingerprint density at radius 3 is 2.00 bits per heavy atom. The zero-order chi connectivity index (χ0) is 16.8. The summed E-state index contributed by atoms with van der Waals surface area (Å²) in [6, 6.07) is -0.248. The van der Waals surface area contributed by atoms with Crippen LogP contribution in [0.15, 0.2) is 0 Å². The number of carboxylic acid groups (broad SMARTS) is 1. The Morgan fingerprint density at radius 1 is 1.05 bits per heavy atom. The van der Waals surface area contributed by atoms with Gasteiger partial charge in [-0.05, 0) is 11.8 Å². The Morgan fingerprint density at radius 2 is 1.59 bits per heavy atom. The van der Waals surface area contributed by atoms with Crippen LogP contribution in [0.1, 0.15) is 27.2 Å². The fraction of sp³-hybridized carbons (Fsp3) is 0.857. The lowest BCUT2D eigenvalue weighted by Gasteiger charge is -2.38. The smallest absolute Gasteiger partial charge is 0.320 e. The number of carboxylic acids is 1. The quantitative estimate of drug-likeness (QED) is 0.761. The molecule has 7 nitrogen and oxygen atoms in total. The first-order valence-corrected chi connectivity index (χ1v) is 9.28. The van der Waals surface area contributed by atoms with Gasteiger partial charge in [-0.15, -0.1) is 0 Å². The van der Waals surface area contributed by atoms with Crippen molar-refractivity contribution in [2.75, 3.05) is 37.7 Å². The average molecular weight is 332 g/mol. The van der Waals surface area contributed by atoms with Gasteiger partial charge in [-0.25, -0.2) is 13.2 Å². The Hall–Kier alpha value is -1.31. The molecule has 2 rings (SSSR count). The van der Waals surface area contributed by atoms with Gasteiger partial charge in [-0.3, -0.25) is 4.79 Å². The molecule has 0 radical (unpaired) electrons. The minimum atomic E-state index is -3.04. The minimum Gasteiger partial charge on any atom is -0.481 e. The SMILES string of the molecule is CC(C)(C)C1(C(=O)O)CCN(C(=O)N2CCS(=O)(=O)CC2)C1. The van der Waals surface area contributed by atoms with Gasteiger partial charge in [0.15, 0.2) is 9.84 Å². The Labute approximate surface area is 131 Å². The summed E-state index contributed by atoms with van der Waals surface area (Å²) in [6.45, 7) is 6.58. The molecule has 2 aliphatic rings. The van der Waals surface area contributed by atoms with E-state index in [1.807, 2.05) is 20.8 Å². The summed E-state index contributed by atoms with van der Waals surface area (Å²) >= 11 is 0. The average Bonchev–Trinajstić information content (AvgIpc) is 2.83. The van der Waals surface area contributed by atoms with Crippen LogP contribution in [0.2, 0.25) is 0 Å². The molecule has 1 atom stereocenters. The Kier molecular flexibility index (Phi) is 4.18. The molecule has 0 bridgehead atoms. The normalized spacial score (nSPS) is 28.7. The van der Waals surface area contributed by atoms with Crippen molar-refractivity contribution in [1.82, 2.24) is 9.80 Å². The first-order chi connectivity index (χ1) is 9.98. The number of urea groups is 1. The van der Waals surface area contributed by atoms with Gasteiger partial charge in [0.05, 0.1) is 16.9 Å². The van der Waals surface area contributed by atoms with Crippen molar-refractivity contribution < 1.29 is 23.1 Å². The van der Waals surface area contributed by atoms with Crippen LogP contribution in [-0.2, 0) is 14.6 Å². The van der Waals surface area contributed by atoms with Crippen LogP contribution in [-0.4, -0.2) is 73.0 Å². The minimum absolute atomic E-state index is 0.0179. The van der Waals surface area contributed by atoms with Gasteiger partial charge in [0.25, 0.3) is 0 Å². The molecule has 8 heteroatoms. The summed E-state index contributed by atoms with van der Waals surface area (Å²) < 4.78 is 22.9. The number of likely N-dealkylation sites (tertiary alicyclic amines) is 1. The van der Waals surface area contributed by atoms with Crippen molar-refractivity contribution in [3.8, 4) is 0 Å². The molecule has 2 heterocycles. The number of amides is 2. The maximum atomic E-state index is 12.5. The van der Waals surface area contributed by atoms with Gasteiger partial charge in [0.2, 0.25) is 0 Å². The molecular weight excluding hydrogens is 308 g/mol. The molecule has 2 fully saturated rings. The largest absolute Gasteiger partial charge is 0.481 e. The molecule has 0 aliphatic carbocycles. The van der Waals surface area contributed by atoms with Crippen LogP contribution in [0.5, 0.6) is 0 Å². The highest BCUT2D eigenvalue weighted by Gasteiger charge is 2.54. The van der Waals surface area contributed by atoms with Gasteiger partial charge in [0.1, 0.15) is 0 Å². The van der Waals surface area contributed by atoms with Crippen LogP contribution >= 0.6 is 0 Å². The number of hydrogen-bond acceptors (Lipinski definition) is 4. The Balaban J connectivity index is 2.10. The molecule has 2 saturated heterocycles. The van der Waals surface area contributed by atoms with E-state index in [4.69, 9.17) is 0 Å². The number of carbonyl (C=O) groups is 2. The monoisotopic (exact) mass is 332 g/mol. The van der Waals surface area contributed by atoms with E-state index in [9.17, 15) is 23.1 Å². The predicted octanol–water partition coefficient (Wildman–Crippen LogP) is 0.660. The molecule has 1 unspecified atom stereocenters. The molecule has 0 aromatic heterocycles. The van der Waals surface area contributed by atoms with Crippen molar-refractivity contribution in [3.63, 3.8) is 0 Å². The van der Waals surface area contributed by atoms with E-state index in [0.29, 0.717) is 13.0 Å². The summed E-state index contributed by atoms with van der Waals surface area (Å²) in [5.41, 5.74) is -1.41. The molecule has 0 saturated carbocycles. The molecular formula is C14H24N2O5S. The van der Waals surface area contributed by atoms with Crippen LogP contribution < -0.4 is 0 Å². The predicted molar refractivity (Wildman–Crippen MR) is 81.3 cm³/mol. The zero-order valence-corrected chi connectivity index (χ0v) is 14.1. The molecule has 2 amide bonds. The van der Waals surface area contributed by atoms with Gasteiger partial charge >= 0.3 is 12.0 Å². The number of hydrogen-bond donors (Lipinski definition) is 1. The highest BCUT2D eigenvalue weighted by atomic mass is 32.2. The van der Waals surface area contributed by atoms with Crippen molar-refractivity contribution in [3.05, 3.63) is 0 Å². The standard InChI is InChI=1S/C14H24N2O5S/c1-13(2,3)14(11(17)18)4-5-16(10-14)12(19)15-6-8-22(20,21)9-7-15/h4-10H2,1-3H3,(H,17,18). The summed E-state index contributed by atoms with van der Waals surface area (Å²) in [4.78, 5) is 27.4. The lowest BCUT2D eigenvalue weighted by molar-refractivity contribution is -0.154. The number of nitrogens with zero attached hydrogens (tertiary/aromatic N) is 2. The number of aliphatic carboxylic acids is 1. The van der Waals surface area contributed by atoms with E-state index < -0.39 is 26.6 Å². The van der Waals surface area contributed by atoms with Crippen molar-refractivity contribution in [2.45, 2.75) is 27.2 Å². The van der Waals surface area contributed by atoms with E-state index in [1.54, 1.807) is 4.90 Å². The molecule has 2 aliphatic heterocycles. The van der Waals surface area contributed by atoms with Gasteiger partial charge in [-0.2, -0.15) is 0 Å². The van der Waals surface area contributed by atoms with Crippen molar-refractivity contribution >= 4 is 21.8 Å². The number of carbonyl (C=O) groups excluding carboxylic acids is 1. The van der Waals surface area contributed by atoms with Gasteiger partial charge in [0, 0.05) is 26.2 Å². The summed E-state index contributed by atoms with van der Waals surface area (Å²) in [6.07, 6.45) is 0.420. The maximum absolute atomic E-state index is 12.5. The highest BCUT2D eigenvalue weighted by molar-refractivity contribution is 7.91. The van der Waals surface area contributed by atoms with E-state index >= 15 is 0 Å². The third kappa shape index (κ3) is 2.93. The summed E-state index contributed by atoms with van der Waals surface area (Å²) in [5, 5.41) is 9.65. The fourth-order valence-electron chi connectivity index (χ4n) is 3.18. The Bertz CT molecular complexity index is 567. The molecule has 22 heavy (non-hydrogen) atoms. The van der Waals surface area contributed by atoms with Crippen molar-refractivity contribution in [2.24, 2.45) is 10.8 Å². The van der Waals surface area contributed by atoms with E-state index in [-0.39, 0.29) is 37.2 Å². The van der Waals surface area contributed by atoms with Crippen molar-refractivity contribution in [1.29, 1.82) is 0 Å². The lowest BCUT2D eigenvalue weighted by atomic mass is 9.66. The highest BCUT2D eigenvalue weighted by Crippen LogP contribution is 2.46. The third-order valence-corrected chi connectivity index (χ3v) is 6.61. The summed E-state index contributed by atoms with van der Waals surface area (Å²) in [7, 11) is -3.04. The molecule has 126 valence electrons. The van der Waals surface area contributed by atoms with E-state index in [2.05, 4.69) is 0 Å². The summed E-state index contributed by atoms with van der Waals surface area (Å²) in [5.74, 6) is -0.914. The zero-order valence-electron chi connectivity index (χ0n) is 13.3. The molecule has 1 N–H and O–H groups in total. The number of sulfone groups is 1. The third-order valence-electron chi connectivity index (χ3n) is 5.00. The molecule has 0 aromatic rings. The van der Waals surface area contributed by atoms with Gasteiger partial charge < -0.3 is 14.9 Å². The van der Waals surface area contributed by atoms with Gasteiger partial charge in [-0.1, -0.05) is 20.8 Å². The molecule has 0 spiro atoms. The first-order valence-electron chi connectivity index (χ1n) is 7.46. The fourth-order valence-corrected chi connectivity index (χ4v) is 4.39. The van der Waals surface area contributed by atoms with Crippen LogP contribution in [0.25, 0.3) is 0 Å². The lowest BCUT2D eigenvalue weighted by Crippen LogP contribution is -2.51. The number of rotatable bonds is 1. The van der Waals surface area contributed by atoms with Crippen LogP contribution in [0.4, 0.5) is 4.79 Å². The first kappa shape index (κ1) is 17.1. The van der Waals surface area contributed by atoms with E-state index in [1.165, 1.54) is 4.90 Å². The second-order valence-corrected chi connectivity index (χ2v) is 9.53. The second-order valence-electron chi connectivity index (χ2n) is 7.23. The van der Waals surface area contributed by atoms with Crippen LogP contribution in [0.3, 0.4) is 0 Å².